The normalized spacial score (nSPS) is 16.1. The molecule has 0 aliphatic rings. The van der Waals surface area contributed by atoms with Crippen molar-refractivity contribution in [3.63, 3.8) is 0 Å². The second-order valence-electron chi connectivity index (χ2n) is 7.18. The topological polar surface area (TPSA) is 0 Å². The van der Waals surface area contributed by atoms with Gasteiger partial charge in [-0.05, 0) is 12.8 Å². The van der Waals surface area contributed by atoms with Crippen molar-refractivity contribution < 1.29 is 74.6 Å². The molecule has 0 atom stereocenters. The first-order chi connectivity index (χ1) is 15.0. The molecule has 0 aromatic heterocycles. The van der Waals surface area contributed by atoms with E-state index in [2.05, 4.69) is 33.2 Å². The Hall–Kier alpha value is -0.103. The van der Waals surface area contributed by atoms with Gasteiger partial charge in [0.05, 0.1) is 0 Å². The van der Waals surface area contributed by atoms with Crippen LogP contribution in [-0.4, -0.2) is 53.3 Å². The molecule has 0 rings (SSSR count). The van der Waals surface area contributed by atoms with E-state index in [1.165, 1.54) is 0 Å². The van der Waals surface area contributed by atoms with Crippen molar-refractivity contribution in [3.05, 3.63) is 0 Å². The smallest absolute Gasteiger partial charge is 0.200 e. The lowest BCUT2D eigenvalue weighted by atomic mass is 9.89. The first-order valence-corrected chi connectivity index (χ1v) is 13.8. The van der Waals surface area contributed by atoms with Crippen LogP contribution in [-0.2, 0) is 0 Å². The molecular weight excluding hydrogens is 626 g/mol. The van der Waals surface area contributed by atoms with Crippen LogP contribution >= 0.6 is 33.2 Å². The van der Waals surface area contributed by atoms with Crippen molar-refractivity contribution >= 4 is 39.2 Å². The Morgan fingerprint density at radius 2 is 0.714 bits per heavy atom. The van der Waals surface area contributed by atoms with Gasteiger partial charge in [0.2, 0.25) is 0 Å². The number of unbranched alkanes of at least 4 members (excludes halogenated alkanes) is 3. The molecule has 0 aliphatic carbocycles. The summed E-state index contributed by atoms with van der Waals surface area (Å²) in [6.07, 6.45) is -12.1. The third kappa shape index (κ3) is 6.32. The van der Waals surface area contributed by atoms with Gasteiger partial charge in [0.1, 0.15) is 0 Å². The maximum absolute atomic E-state index is 13.7. The highest BCUT2D eigenvalue weighted by atomic mass is 35.8. The summed E-state index contributed by atoms with van der Waals surface area (Å²) < 4.78 is 226. The zero-order chi connectivity index (χ0) is 28.7. The molecule has 0 spiro atoms. The van der Waals surface area contributed by atoms with Gasteiger partial charge in [0, 0.05) is 12.8 Å². The van der Waals surface area contributed by atoms with Crippen molar-refractivity contribution in [2.75, 3.05) is 0 Å². The summed E-state index contributed by atoms with van der Waals surface area (Å²) in [6.45, 7) is 0. The van der Waals surface area contributed by atoms with E-state index in [-0.39, 0.29) is 0 Å². The number of rotatable bonds is 13. The van der Waals surface area contributed by atoms with Gasteiger partial charge in [-0.2, -0.15) is 74.6 Å². The first kappa shape index (κ1) is 34.9. The van der Waals surface area contributed by atoms with Crippen molar-refractivity contribution in [2.24, 2.45) is 0 Å². The van der Waals surface area contributed by atoms with E-state index < -0.39 is 91.8 Å². The summed E-state index contributed by atoms with van der Waals surface area (Å²) in [5, 5.41) is 0. The summed E-state index contributed by atoms with van der Waals surface area (Å²) in [7, 11) is 0. The lowest BCUT2D eigenvalue weighted by Crippen LogP contribution is -2.74. The minimum absolute atomic E-state index is 0.589. The molecule has 0 amide bonds. The van der Waals surface area contributed by atoms with Gasteiger partial charge in [-0.15, -0.1) is 33.2 Å². The molecular formula is C14H12Cl3F17Si. The van der Waals surface area contributed by atoms with Crippen LogP contribution in [0.15, 0.2) is 0 Å². The fourth-order valence-corrected chi connectivity index (χ4v) is 3.96. The number of alkyl halides is 17. The molecule has 0 saturated carbocycles. The molecule has 0 aliphatic heterocycles. The van der Waals surface area contributed by atoms with Crippen LogP contribution in [0, 0.1) is 0 Å². The second-order valence-corrected chi connectivity index (χ2v) is 15.6. The van der Waals surface area contributed by atoms with Crippen LogP contribution in [0.2, 0.25) is 0 Å². The predicted octanol–water partition coefficient (Wildman–Crippen LogP) is 9.53. The Balaban J connectivity index is 5.96. The number of halogens is 20. The molecule has 35 heavy (non-hydrogen) atoms. The van der Waals surface area contributed by atoms with Crippen molar-refractivity contribution in [1.29, 1.82) is 0 Å². The largest absolute Gasteiger partial charge is 0.424 e. The van der Waals surface area contributed by atoms with Crippen LogP contribution in [0.4, 0.5) is 74.6 Å². The van der Waals surface area contributed by atoms with Gasteiger partial charge in [-0.25, -0.2) is 0 Å². The quantitative estimate of drug-likeness (QED) is 0.0817. The molecule has 0 aromatic rings. The Bertz CT molecular complexity index is 714. The molecule has 0 heterocycles. The van der Waals surface area contributed by atoms with Crippen LogP contribution in [0.3, 0.4) is 0 Å². The number of hydrogen-bond acceptors (Lipinski definition) is 0. The van der Waals surface area contributed by atoms with Gasteiger partial charge < -0.3 is 0 Å². The summed E-state index contributed by atoms with van der Waals surface area (Å²) in [5.74, 6) is -46.2. The molecule has 0 radical (unpaired) electrons. The standard InChI is InChI=1S/C14H12Cl3F17Si/c15-35(16,17)14(33,34)13(31,32)12(29,30)11(27,28)10(25,26)9(23,24)7(18,19)5-3-1-2-4-6-8(20,21)22/h1-6H2. The molecule has 0 unspecified atom stereocenters. The highest BCUT2D eigenvalue weighted by Gasteiger charge is 2.94. The minimum atomic E-state index is -8.28. The average molecular weight is 638 g/mol. The third-order valence-electron chi connectivity index (χ3n) is 4.49. The fourth-order valence-electron chi connectivity index (χ4n) is 2.38. The summed E-state index contributed by atoms with van der Waals surface area (Å²) >= 11 is 13.2. The van der Waals surface area contributed by atoms with Crippen molar-refractivity contribution in [2.45, 2.75) is 85.8 Å². The maximum atomic E-state index is 13.7. The average Bonchev–Trinajstić information content (AvgIpc) is 2.61. The van der Waals surface area contributed by atoms with Crippen LogP contribution in [0.5, 0.6) is 0 Å². The van der Waals surface area contributed by atoms with Gasteiger partial charge in [0.25, 0.3) is 0 Å². The highest BCUT2D eigenvalue weighted by molar-refractivity contribution is 7.65. The Labute approximate surface area is 200 Å². The monoisotopic (exact) mass is 636 g/mol. The number of hydrogen-bond donors (Lipinski definition) is 0. The fraction of sp³-hybridized carbons (Fsp3) is 1.00. The van der Waals surface area contributed by atoms with E-state index in [4.69, 9.17) is 0 Å². The molecule has 212 valence electrons. The molecule has 21 heteroatoms. The maximum Gasteiger partial charge on any atom is 0.424 e. The molecule has 0 aromatic carbocycles. The third-order valence-corrected chi connectivity index (χ3v) is 7.65. The Morgan fingerprint density at radius 3 is 1.06 bits per heavy atom. The van der Waals surface area contributed by atoms with Crippen LogP contribution in [0.25, 0.3) is 0 Å². The van der Waals surface area contributed by atoms with Crippen molar-refractivity contribution in [1.82, 2.24) is 0 Å². The molecule has 0 N–H and O–H groups in total. The van der Waals surface area contributed by atoms with Gasteiger partial charge in [-0.3, -0.25) is 0 Å². The lowest BCUT2D eigenvalue weighted by Gasteiger charge is -2.43. The first-order valence-electron chi connectivity index (χ1n) is 8.74. The van der Waals surface area contributed by atoms with E-state index in [1.54, 1.807) is 0 Å². The summed E-state index contributed by atoms with van der Waals surface area (Å²) in [6, 6.07) is -6.52. The minimum Gasteiger partial charge on any atom is -0.200 e. The van der Waals surface area contributed by atoms with E-state index in [9.17, 15) is 74.6 Å². The predicted molar refractivity (Wildman–Crippen MR) is 91.7 cm³/mol. The van der Waals surface area contributed by atoms with Gasteiger partial charge in [-0.1, -0.05) is 12.8 Å². The SMILES string of the molecule is FC(F)(F)CCCCCCC(F)(F)C(F)(F)C(F)(F)C(F)(F)C(F)(F)C(F)(F)C(F)(F)[Si](Cl)(Cl)Cl. The zero-order valence-corrected chi connectivity index (χ0v) is 19.6. The lowest BCUT2D eigenvalue weighted by molar-refractivity contribution is -0.436. The zero-order valence-electron chi connectivity index (χ0n) is 16.3. The molecule has 0 nitrogen and oxygen atoms in total. The van der Waals surface area contributed by atoms with Gasteiger partial charge >= 0.3 is 53.3 Å². The van der Waals surface area contributed by atoms with Gasteiger partial charge in [0.15, 0.2) is 0 Å². The summed E-state index contributed by atoms with van der Waals surface area (Å²) in [4.78, 5) is 0. The second kappa shape index (κ2) is 10.2. The van der Waals surface area contributed by atoms with E-state index in [0.29, 0.717) is 0 Å². The van der Waals surface area contributed by atoms with E-state index in [0.717, 1.165) is 0 Å². The van der Waals surface area contributed by atoms with Crippen molar-refractivity contribution in [3.8, 4) is 0 Å². The van der Waals surface area contributed by atoms with E-state index >= 15 is 0 Å². The Morgan fingerprint density at radius 1 is 0.400 bits per heavy atom. The highest BCUT2D eigenvalue weighted by Crippen LogP contribution is 2.64. The van der Waals surface area contributed by atoms with Crippen LogP contribution in [0.1, 0.15) is 38.5 Å². The summed E-state index contributed by atoms with van der Waals surface area (Å²) in [5.41, 5.74) is -6.79. The van der Waals surface area contributed by atoms with E-state index in [1.807, 2.05) is 0 Å². The molecule has 0 saturated heterocycles. The Kier molecular flexibility index (Phi) is 10.2. The molecule has 0 bridgehead atoms. The van der Waals surface area contributed by atoms with Crippen LogP contribution < -0.4 is 0 Å². The molecule has 0 fully saturated rings.